The Kier molecular flexibility index (Phi) is 4.07. The number of imidazole rings is 1. The molecule has 0 aliphatic rings. The Hall–Kier alpha value is -0.740. The number of alkyl halides is 1. The summed E-state index contributed by atoms with van der Waals surface area (Å²) in [5, 5.41) is 0. The van der Waals surface area contributed by atoms with Crippen molar-refractivity contribution in [3.8, 4) is 0 Å². The molecule has 0 amide bonds. The molecule has 84 valence electrons. The molecule has 1 aromatic carbocycles. The monoisotopic (exact) mass is 296 g/mol. The summed E-state index contributed by atoms with van der Waals surface area (Å²) in [6.07, 6.45) is 6.60. The van der Waals surface area contributed by atoms with Gasteiger partial charge in [0.1, 0.15) is 5.82 Å². The molecule has 1 aromatic heterocycles. The summed E-state index contributed by atoms with van der Waals surface area (Å²) in [5.74, 6) is 1.01. The Morgan fingerprint density at radius 1 is 1.38 bits per heavy atom. The van der Waals surface area contributed by atoms with Gasteiger partial charge in [0, 0.05) is 28.5 Å². The molecular formula is C12H13BrN2S. The molecule has 1 unspecified atom stereocenters. The molecule has 0 fully saturated rings. The Bertz CT molecular complexity index is 425. The zero-order valence-electron chi connectivity index (χ0n) is 8.98. The molecule has 1 N–H and O–H groups in total. The SMILES string of the molecule is CSc1ccc(C(Br)Cc2ncc[nH]2)cc1. The molecule has 2 aromatic rings. The average Bonchev–Trinajstić information content (AvgIpc) is 2.82. The summed E-state index contributed by atoms with van der Waals surface area (Å²) in [7, 11) is 0. The molecule has 0 saturated carbocycles. The predicted octanol–water partition coefficient (Wildman–Crippen LogP) is 3.81. The highest BCUT2D eigenvalue weighted by Crippen LogP contribution is 2.27. The van der Waals surface area contributed by atoms with Crippen molar-refractivity contribution in [3.63, 3.8) is 0 Å². The minimum absolute atomic E-state index is 0.314. The molecule has 0 aliphatic heterocycles. The Balaban J connectivity index is 2.05. The quantitative estimate of drug-likeness (QED) is 0.686. The second-order valence-electron chi connectivity index (χ2n) is 3.48. The molecule has 4 heteroatoms. The predicted molar refractivity (Wildman–Crippen MR) is 72.2 cm³/mol. The van der Waals surface area contributed by atoms with Gasteiger partial charge in [0.2, 0.25) is 0 Å². The highest BCUT2D eigenvalue weighted by Gasteiger charge is 2.09. The lowest BCUT2D eigenvalue weighted by Crippen LogP contribution is -1.97. The summed E-state index contributed by atoms with van der Waals surface area (Å²) >= 11 is 5.45. The van der Waals surface area contributed by atoms with Gasteiger partial charge in [0.15, 0.2) is 0 Å². The summed E-state index contributed by atoms with van der Waals surface area (Å²) in [6, 6.07) is 8.62. The number of hydrogen-bond acceptors (Lipinski definition) is 2. The third-order valence-corrected chi connectivity index (χ3v) is 4.00. The van der Waals surface area contributed by atoms with Crippen molar-refractivity contribution in [3.05, 3.63) is 48.0 Å². The van der Waals surface area contributed by atoms with E-state index in [-0.39, 0.29) is 0 Å². The van der Waals surface area contributed by atoms with Gasteiger partial charge in [0.05, 0.1) is 0 Å². The van der Waals surface area contributed by atoms with Crippen molar-refractivity contribution >= 4 is 27.7 Å². The molecule has 0 saturated heterocycles. The topological polar surface area (TPSA) is 28.7 Å². The molecule has 1 heterocycles. The molecule has 0 aliphatic carbocycles. The van der Waals surface area contributed by atoms with E-state index in [2.05, 4.69) is 56.4 Å². The van der Waals surface area contributed by atoms with Crippen molar-refractivity contribution in [2.75, 3.05) is 6.26 Å². The number of thioether (sulfide) groups is 1. The van der Waals surface area contributed by atoms with E-state index >= 15 is 0 Å². The molecule has 1 atom stereocenters. The number of aromatic amines is 1. The van der Waals surface area contributed by atoms with Gasteiger partial charge in [-0.1, -0.05) is 28.1 Å². The maximum atomic E-state index is 4.23. The van der Waals surface area contributed by atoms with Crippen LogP contribution in [0.3, 0.4) is 0 Å². The van der Waals surface area contributed by atoms with Crippen LogP contribution in [0.5, 0.6) is 0 Å². The Morgan fingerprint density at radius 3 is 2.69 bits per heavy atom. The van der Waals surface area contributed by atoms with Crippen LogP contribution >= 0.6 is 27.7 Å². The van der Waals surface area contributed by atoms with E-state index in [1.807, 2.05) is 6.20 Å². The number of H-pyrrole nitrogens is 1. The fourth-order valence-electron chi connectivity index (χ4n) is 1.51. The Morgan fingerprint density at radius 2 is 2.12 bits per heavy atom. The molecular weight excluding hydrogens is 284 g/mol. The normalized spacial score (nSPS) is 12.6. The maximum Gasteiger partial charge on any atom is 0.107 e. The van der Waals surface area contributed by atoms with Gasteiger partial charge >= 0.3 is 0 Å². The molecule has 0 bridgehead atoms. The van der Waals surface area contributed by atoms with Crippen LogP contribution in [0, 0.1) is 0 Å². The van der Waals surface area contributed by atoms with Crippen LogP contribution in [0.25, 0.3) is 0 Å². The van der Waals surface area contributed by atoms with Crippen LogP contribution in [0.2, 0.25) is 0 Å². The first-order valence-corrected chi connectivity index (χ1v) is 7.20. The fourth-order valence-corrected chi connectivity index (χ4v) is 2.53. The van der Waals surface area contributed by atoms with Gasteiger partial charge in [0.25, 0.3) is 0 Å². The smallest absolute Gasteiger partial charge is 0.107 e. The van der Waals surface area contributed by atoms with Gasteiger partial charge in [-0.3, -0.25) is 0 Å². The standard InChI is InChI=1S/C12H13BrN2S/c1-16-10-4-2-9(3-5-10)11(13)8-12-14-6-7-15-12/h2-7,11H,8H2,1H3,(H,14,15). The molecule has 0 spiro atoms. The lowest BCUT2D eigenvalue weighted by atomic mass is 10.1. The van der Waals surface area contributed by atoms with E-state index in [1.54, 1.807) is 18.0 Å². The van der Waals surface area contributed by atoms with Gasteiger partial charge < -0.3 is 4.98 Å². The van der Waals surface area contributed by atoms with Crippen LogP contribution in [0.1, 0.15) is 16.2 Å². The van der Waals surface area contributed by atoms with Crippen LogP contribution in [0.15, 0.2) is 41.6 Å². The molecule has 2 rings (SSSR count). The first-order chi connectivity index (χ1) is 7.79. The maximum absolute atomic E-state index is 4.23. The first-order valence-electron chi connectivity index (χ1n) is 5.06. The van der Waals surface area contributed by atoms with Gasteiger partial charge in [-0.2, -0.15) is 0 Å². The van der Waals surface area contributed by atoms with Gasteiger partial charge in [-0.15, -0.1) is 11.8 Å². The van der Waals surface area contributed by atoms with Crippen LogP contribution in [-0.4, -0.2) is 16.2 Å². The van der Waals surface area contributed by atoms with Crippen molar-refractivity contribution in [2.24, 2.45) is 0 Å². The summed E-state index contributed by atoms with van der Waals surface area (Å²) in [5.41, 5.74) is 1.29. The number of halogens is 1. The van der Waals surface area contributed by atoms with E-state index in [0.29, 0.717) is 4.83 Å². The fraction of sp³-hybridized carbons (Fsp3) is 0.250. The summed E-state index contributed by atoms with van der Waals surface area (Å²) in [4.78, 5) is 8.95. The van der Waals surface area contributed by atoms with Gasteiger partial charge in [-0.05, 0) is 24.0 Å². The van der Waals surface area contributed by atoms with Crippen molar-refractivity contribution in [1.29, 1.82) is 0 Å². The third kappa shape index (κ3) is 2.89. The zero-order chi connectivity index (χ0) is 11.4. The summed E-state index contributed by atoms with van der Waals surface area (Å²) < 4.78 is 0. The van der Waals surface area contributed by atoms with Crippen molar-refractivity contribution < 1.29 is 0 Å². The number of benzene rings is 1. The number of aromatic nitrogens is 2. The van der Waals surface area contributed by atoms with E-state index in [0.717, 1.165) is 12.2 Å². The zero-order valence-corrected chi connectivity index (χ0v) is 11.4. The van der Waals surface area contributed by atoms with Crippen molar-refractivity contribution in [2.45, 2.75) is 16.1 Å². The number of rotatable bonds is 4. The number of hydrogen-bond donors (Lipinski definition) is 1. The second kappa shape index (κ2) is 5.55. The van der Waals surface area contributed by atoms with E-state index in [1.165, 1.54) is 10.5 Å². The van der Waals surface area contributed by atoms with E-state index < -0.39 is 0 Å². The highest BCUT2D eigenvalue weighted by molar-refractivity contribution is 9.09. The van der Waals surface area contributed by atoms with Crippen LogP contribution in [0.4, 0.5) is 0 Å². The molecule has 16 heavy (non-hydrogen) atoms. The van der Waals surface area contributed by atoms with Gasteiger partial charge in [-0.25, -0.2) is 4.98 Å². The van der Waals surface area contributed by atoms with Crippen LogP contribution in [-0.2, 0) is 6.42 Å². The van der Waals surface area contributed by atoms with E-state index in [4.69, 9.17) is 0 Å². The third-order valence-electron chi connectivity index (χ3n) is 2.40. The highest BCUT2D eigenvalue weighted by atomic mass is 79.9. The van der Waals surface area contributed by atoms with E-state index in [9.17, 15) is 0 Å². The minimum Gasteiger partial charge on any atom is -0.349 e. The van der Waals surface area contributed by atoms with Crippen LogP contribution < -0.4 is 0 Å². The molecule has 0 radical (unpaired) electrons. The number of nitrogens with one attached hydrogen (secondary N) is 1. The minimum atomic E-state index is 0.314. The first kappa shape index (κ1) is 11.7. The average molecular weight is 297 g/mol. The lowest BCUT2D eigenvalue weighted by Gasteiger charge is -2.08. The summed E-state index contributed by atoms with van der Waals surface area (Å²) in [6.45, 7) is 0. The van der Waals surface area contributed by atoms with Crippen molar-refractivity contribution in [1.82, 2.24) is 9.97 Å². The largest absolute Gasteiger partial charge is 0.349 e. The Labute approximate surface area is 108 Å². The lowest BCUT2D eigenvalue weighted by molar-refractivity contribution is 0.875. The second-order valence-corrected chi connectivity index (χ2v) is 5.47. The number of nitrogens with zero attached hydrogens (tertiary/aromatic N) is 1. The molecule has 2 nitrogen and oxygen atoms in total.